The molecule has 7 unspecified atom stereocenters. The van der Waals surface area contributed by atoms with Gasteiger partial charge in [-0.1, -0.05) is 6.42 Å². The molecule has 0 radical (unpaired) electrons. The quantitative estimate of drug-likeness (QED) is 0.0596. The van der Waals surface area contributed by atoms with E-state index in [1.54, 1.807) is 0 Å². The van der Waals surface area contributed by atoms with Crippen molar-refractivity contribution in [1.29, 1.82) is 0 Å². The maximum absolute atomic E-state index is 14.9. The monoisotopic (exact) mass is 836 g/mol. The maximum atomic E-state index is 14.9. The van der Waals surface area contributed by atoms with Gasteiger partial charge < -0.3 is 52.1 Å². The molecule has 15 nitrogen and oxygen atoms in total. The summed E-state index contributed by atoms with van der Waals surface area (Å²) < 4.78 is 76.1. The van der Waals surface area contributed by atoms with Crippen LogP contribution in [0.3, 0.4) is 0 Å². The minimum Gasteiger partial charge on any atom is -0.493 e. The normalized spacial score (nSPS) is 24.3. The third-order valence-electron chi connectivity index (χ3n) is 10.6. The zero-order valence-electron chi connectivity index (χ0n) is 33.3. The molecule has 4 fully saturated rings. The van der Waals surface area contributed by atoms with Crippen molar-refractivity contribution in [3.05, 3.63) is 89.2 Å². The number of hydrogen-bond donors (Lipinski definition) is 0. The molecular weight excluding hydrogens is 787 g/mol. The molecule has 4 aliphatic rings. The van der Waals surface area contributed by atoms with Crippen LogP contribution in [0.1, 0.15) is 82.9 Å². The summed E-state index contributed by atoms with van der Waals surface area (Å²) in [5.41, 5.74) is 0.149. The van der Waals surface area contributed by atoms with Crippen molar-refractivity contribution in [2.24, 2.45) is 5.92 Å². The lowest BCUT2D eigenvalue weighted by atomic mass is 9.90. The first-order valence-corrected chi connectivity index (χ1v) is 20.3. The molecule has 3 aromatic carbocycles. The molecule has 0 aromatic heterocycles. The Labute approximate surface area is 346 Å². The van der Waals surface area contributed by atoms with Gasteiger partial charge >= 0.3 is 23.9 Å². The number of unbranched alkanes of at least 4 members (excludes halogenated alkanes) is 3. The Bertz CT molecular complexity index is 1920. The summed E-state index contributed by atoms with van der Waals surface area (Å²) in [6.07, 6.45) is 5.45. The topological polar surface area (TPSA) is 173 Å². The van der Waals surface area contributed by atoms with Gasteiger partial charge in [0.05, 0.1) is 35.5 Å². The van der Waals surface area contributed by atoms with Crippen LogP contribution in [0.15, 0.2) is 66.7 Å². The first-order chi connectivity index (χ1) is 29.2. The van der Waals surface area contributed by atoms with Crippen LogP contribution in [0, 0.1) is 11.7 Å². The highest BCUT2D eigenvalue weighted by Gasteiger charge is 2.46. The summed E-state index contributed by atoms with van der Waals surface area (Å²) in [5.74, 6) is -2.13. The molecule has 3 aromatic rings. The number of hydrogen-bond acceptors (Lipinski definition) is 15. The lowest BCUT2D eigenvalue weighted by molar-refractivity contribution is -0.328. The third kappa shape index (κ3) is 12.1. The number of carbonyl (C=O) groups excluding carboxylic acids is 4. The third-order valence-corrected chi connectivity index (χ3v) is 10.6. The van der Waals surface area contributed by atoms with Crippen LogP contribution >= 0.6 is 0 Å². The highest BCUT2D eigenvalue weighted by atomic mass is 19.1. The molecule has 60 heavy (non-hydrogen) atoms. The van der Waals surface area contributed by atoms with E-state index in [-0.39, 0.29) is 49.2 Å². The van der Waals surface area contributed by atoms with E-state index < -0.39 is 54.1 Å². The molecule has 0 spiro atoms. The second-order valence-electron chi connectivity index (χ2n) is 15.0. The fourth-order valence-electron chi connectivity index (χ4n) is 7.33. The molecule has 0 bridgehead atoms. The second kappa shape index (κ2) is 21.0. The summed E-state index contributed by atoms with van der Waals surface area (Å²) in [7, 11) is 0. The van der Waals surface area contributed by atoms with Crippen molar-refractivity contribution >= 4 is 23.9 Å². The van der Waals surface area contributed by atoms with E-state index in [4.69, 9.17) is 52.1 Å². The van der Waals surface area contributed by atoms with Crippen molar-refractivity contribution in [2.45, 2.75) is 88.5 Å². The van der Waals surface area contributed by atoms with Crippen LogP contribution in [0.5, 0.6) is 17.2 Å². The zero-order valence-corrected chi connectivity index (χ0v) is 33.3. The molecule has 322 valence electrons. The van der Waals surface area contributed by atoms with Crippen LogP contribution in [-0.4, -0.2) is 107 Å². The van der Waals surface area contributed by atoms with E-state index in [1.807, 2.05) is 0 Å². The van der Waals surface area contributed by atoms with Crippen LogP contribution in [-0.2, 0) is 42.7 Å². The average Bonchev–Trinajstić information content (AvgIpc) is 4.03. The highest BCUT2D eigenvalue weighted by Crippen LogP contribution is 2.39. The number of fused-ring (bicyclic) bond motifs is 2. The first kappa shape index (κ1) is 43.1. The van der Waals surface area contributed by atoms with Gasteiger partial charge in [0.1, 0.15) is 74.3 Å². The van der Waals surface area contributed by atoms with Crippen molar-refractivity contribution in [3.63, 3.8) is 0 Å². The van der Waals surface area contributed by atoms with E-state index in [9.17, 15) is 23.6 Å². The zero-order chi connectivity index (χ0) is 41.8. The molecule has 0 N–H and O–H groups in total. The summed E-state index contributed by atoms with van der Waals surface area (Å²) in [6.45, 7) is 2.63. The molecule has 0 amide bonds. The minimum absolute atomic E-state index is 0.0960. The molecule has 7 atom stereocenters. The van der Waals surface area contributed by atoms with Crippen molar-refractivity contribution < 1.29 is 75.7 Å². The van der Waals surface area contributed by atoms with Gasteiger partial charge in [0.25, 0.3) is 0 Å². The van der Waals surface area contributed by atoms with E-state index in [2.05, 4.69) is 0 Å². The van der Waals surface area contributed by atoms with Crippen molar-refractivity contribution in [3.8, 4) is 17.2 Å². The van der Waals surface area contributed by atoms with E-state index in [1.165, 1.54) is 74.0 Å². The van der Waals surface area contributed by atoms with Gasteiger partial charge in [-0.15, -0.1) is 0 Å². The Morgan fingerprint density at radius 3 is 1.80 bits per heavy atom. The molecule has 1 saturated carbocycles. The SMILES string of the molecule is CC(=O)Oc1ccc(C(=O)OCC2OCOC3C(COC(=O)c4ccc(OC(=O)c5ccc(OCCCCCCOCC6CCC7OC7C6)cc5F)cc4)OCOC23)cc1. The number of esters is 4. The smallest absolute Gasteiger partial charge is 0.346 e. The summed E-state index contributed by atoms with van der Waals surface area (Å²) in [6, 6.07) is 15.5. The largest absolute Gasteiger partial charge is 0.493 e. The summed E-state index contributed by atoms with van der Waals surface area (Å²) in [5, 5.41) is 0. The van der Waals surface area contributed by atoms with Gasteiger partial charge in [0.15, 0.2) is 0 Å². The lowest BCUT2D eigenvalue weighted by Crippen LogP contribution is -2.59. The van der Waals surface area contributed by atoms with E-state index in [0.717, 1.165) is 57.8 Å². The minimum atomic E-state index is -0.907. The van der Waals surface area contributed by atoms with E-state index >= 15 is 0 Å². The molecule has 16 heteroatoms. The Morgan fingerprint density at radius 2 is 1.22 bits per heavy atom. The maximum Gasteiger partial charge on any atom is 0.346 e. The highest BCUT2D eigenvalue weighted by molar-refractivity contribution is 5.92. The van der Waals surface area contributed by atoms with Crippen LogP contribution < -0.4 is 14.2 Å². The van der Waals surface area contributed by atoms with E-state index in [0.29, 0.717) is 36.2 Å². The molecular formula is C44H49FO15. The molecule has 3 aliphatic heterocycles. The summed E-state index contributed by atoms with van der Waals surface area (Å²) >= 11 is 0. The molecule has 7 rings (SSSR count). The van der Waals surface area contributed by atoms with Gasteiger partial charge in [0, 0.05) is 26.2 Å². The number of benzene rings is 3. The molecule has 1 aliphatic carbocycles. The van der Waals surface area contributed by atoms with Gasteiger partial charge in [-0.3, -0.25) is 4.79 Å². The number of rotatable bonds is 19. The number of ether oxygens (including phenoxy) is 11. The number of epoxide rings is 1. The van der Waals surface area contributed by atoms with Gasteiger partial charge in [0.2, 0.25) is 0 Å². The Balaban J connectivity index is 0.786. The Morgan fingerprint density at radius 1 is 0.633 bits per heavy atom. The predicted molar refractivity (Wildman–Crippen MR) is 206 cm³/mol. The molecule has 3 saturated heterocycles. The number of halogens is 1. The fraction of sp³-hybridized carbons (Fsp3) is 0.500. The summed E-state index contributed by atoms with van der Waals surface area (Å²) in [4.78, 5) is 49.5. The average molecular weight is 837 g/mol. The van der Waals surface area contributed by atoms with Gasteiger partial charge in [-0.25, -0.2) is 18.8 Å². The second-order valence-corrected chi connectivity index (χ2v) is 15.0. The predicted octanol–water partition coefficient (Wildman–Crippen LogP) is 5.99. The Kier molecular flexibility index (Phi) is 15.1. The van der Waals surface area contributed by atoms with Crippen molar-refractivity contribution in [1.82, 2.24) is 0 Å². The Hall–Kier alpha value is -4.97. The standard InChI is InChI=1S/C44H49FO15/c1-27(46)58-31-11-7-29(8-12-31)42(47)52-23-38-40-41(57-25-54-38)39(55-26-56-40)24-53-43(48)30-9-13-32(14-10-30)59-44(49)34-16-15-33(21-35(34)45)51-19-5-3-2-4-18-50-22-28-6-17-36-37(20-28)60-36/h7-16,21,28,36-41H,2-6,17-20,22-26H2,1H3. The van der Waals surface area contributed by atoms with Crippen LogP contribution in [0.25, 0.3) is 0 Å². The number of carbonyl (C=O) groups is 4. The van der Waals surface area contributed by atoms with Crippen LogP contribution in [0.4, 0.5) is 4.39 Å². The molecule has 3 heterocycles. The van der Waals surface area contributed by atoms with Gasteiger partial charge in [-0.2, -0.15) is 0 Å². The first-order valence-electron chi connectivity index (χ1n) is 20.3. The fourth-order valence-corrected chi connectivity index (χ4v) is 7.33. The lowest BCUT2D eigenvalue weighted by Gasteiger charge is -2.43. The van der Waals surface area contributed by atoms with Gasteiger partial charge in [-0.05, 0) is 105 Å². The van der Waals surface area contributed by atoms with Crippen LogP contribution in [0.2, 0.25) is 0 Å². The van der Waals surface area contributed by atoms with Crippen molar-refractivity contribution in [2.75, 3.05) is 46.6 Å².